The molecule has 0 aliphatic heterocycles. The molecule has 0 saturated heterocycles. The highest BCUT2D eigenvalue weighted by Gasteiger charge is 2.06. The molecule has 1 atom stereocenters. The Morgan fingerprint density at radius 1 is 1.00 bits per heavy atom. The fourth-order valence-corrected chi connectivity index (χ4v) is 1.52. The molecule has 1 unspecified atom stereocenters. The number of aliphatic hydroxyl groups is 1. The number of ether oxygens (including phenoxy) is 2. The van der Waals surface area contributed by atoms with Crippen LogP contribution in [0, 0.1) is 12.8 Å². The first-order chi connectivity index (χ1) is 8.59. The molecular weight excluding hydrogens is 228 g/mol. The van der Waals surface area contributed by atoms with Gasteiger partial charge >= 0.3 is 0 Å². The summed E-state index contributed by atoms with van der Waals surface area (Å²) in [7, 11) is 0. The van der Waals surface area contributed by atoms with E-state index >= 15 is 0 Å². The maximum atomic E-state index is 9.89. The lowest BCUT2D eigenvalue weighted by Crippen LogP contribution is -2.12. The zero-order valence-electron chi connectivity index (χ0n) is 11.6. The average molecular weight is 252 g/mol. The highest BCUT2D eigenvalue weighted by molar-refractivity contribution is 5.23. The summed E-state index contributed by atoms with van der Waals surface area (Å²) in [6.45, 7) is 8.43. The minimum atomic E-state index is -0.560. The number of aliphatic hydroxyl groups excluding tert-OH is 1. The molecule has 1 aromatic carbocycles. The summed E-state index contributed by atoms with van der Waals surface area (Å²) in [6, 6.07) is 7.84. The van der Waals surface area contributed by atoms with Crippen LogP contribution in [0.4, 0.5) is 0 Å². The van der Waals surface area contributed by atoms with E-state index in [1.165, 1.54) is 5.56 Å². The normalized spacial score (nSPS) is 12.9. The molecule has 0 bridgehead atoms. The minimum Gasteiger partial charge on any atom is -0.386 e. The van der Waals surface area contributed by atoms with Crippen molar-refractivity contribution in [2.75, 3.05) is 26.4 Å². The topological polar surface area (TPSA) is 38.7 Å². The summed E-state index contributed by atoms with van der Waals surface area (Å²) in [6.07, 6.45) is -0.560. The molecule has 3 nitrogen and oxygen atoms in total. The van der Waals surface area contributed by atoms with Gasteiger partial charge in [-0.25, -0.2) is 0 Å². The minimum absolute atomic E-state index is 0.314. The summed E-state index contributed by atoms with van der Waals surface area (Å²) < 4.78 is 10.8. The molecule has 1 N–H and O–H groups in total. The number of hydrogen-bond acceptors (Lipinski definition) is 3. The van der Waals surface area contributed by atoms with Crippen molar-refractivity contribution < 1.29 is 14.6 Å². The Balaban J connectivity index is 2.13. The molecule has 0 heterocycles. The number of aryl methyl sites for hydroxylation is 1. The molecule has 0 aliphatic rings. The molecule has 0 fully saturated rings. The van der Waals surface area contributed by atoms with Crippen molar-refractivity contribution in [1.82, 2.24) is 0 Å². The largest absolute Gasteiger partial charge is 0.386 e. The van der Waals surface area contributed by atoms with Crippen LogP contribution < -0.4 is 0 Å². The predicted molar refractivity (Wildman–Crippen MR) is 72.6 cm³/mol. The fourth-order valence-electron chi connectivity index (χ4n) is 1.52. The van der Waals surface area contributed by atoms with Crippen LogP contribution >= 0.6 is 0 Å². The predicted octanol–water partition coefficient (Wildman–Crippen LogP) is 2.72. The molecule has 0 aromatic heterocycles. The second kappa shape index (κ2) is 8.25. The third-order valence-corrected chi connectivity index (χ3v) is 2.56. The van der Waals surface area contributed by atoms with E-state index in [0.717, 1.165) is 12.2 Å². The lowest BCUT2D eigenvalue weighted by Gasteiger charge is -2.12. The highest BCUT2D eigenvalue weighted by atomic mass is 16.5. The molecule has 0 saturated carbocycles. The first-order valence-corrected chi connectivity index (χ1v) is 6.49. The molecule has 102 valence electrons. The lowest BCUT2D eigenvalue weighted by atomic mass is 10.1. The highest BCUT2D eigenvalue weighted by Crippen LogP contribution is 2.13. The van der Waals surface area contributed by atoms with Gasteiger partial charge in [0.15, 0.2) is 0 Å². The number of rotatable bonds is 8. The van der Waals surface area contributed by atoms with Crippen molar-refractivity contribution >= 4 is 0 Å². The zero-order chi connectivity index (χ0) is 13.4. The third-order valence-electron chi connectivity index (χ3n) is 2.56. The number of hydrogen-bond donors (Lipinski definition) is 1. The average Bonchev–Trinajstić information content (AvgIpc) is 2.34. The second-order valence-electron chi connectivity index (χ2n) is 4.97. The quantitative estimate of drug-likeness (QED) is 0.723. The monoisotopic (exact) mass is 252 g/mol. The second-order valence-corrected chi connectivity index (χ2v) is 4.97. The lowest BCUT2D eigenvalue weighted by molar-refractivity contribution is -0.00122. The van der Waals surface area contributed by atoms with Gasteiger partial charge < -0.3 is 14.6 Å². The summed E-state index contributed by atoms with van der Waals surface area (Å²) in [5, 5.41) is 9.89. The van der Waals surface area contributed by atoms with Crippen LogP contribution in [0.15, 0.2) is 24.3 Å². The van der Waals surface area contributed by atoms with Crippen molar-refractivity contribution in [3.05, 3.63) is 35.4 Å². The Morgan fingerprint density at radius 2 is 1.56 bits per heavy atom. The van der Waals surface area contributed by atoms with E-state index in [0.29, 0.717) is 25.7 Å². The molecule has 3 heteroatoms. The van der Waals surface area contributed by atoms with E-state index < -0.39 is 6.10 Å². The van der Waals surface area contributed by atoms with E-state index in [4.69, 9.17) is 9.47 Å². The van der Waals surface area contributed by atoms with Crippen molar-refractivity contribution in [2.24, 2.45) is 5.92 Å². The van der Waals surface area contributed by atoms with Crippen LogP contribution in [-0.2, 0) is 9.47 Å². The van der Waals surface area contributed by atoms with Gasteiger partial charge in [0.05, 0.1) is 19.8 Å². The fraction of sp³-hybridized carbons (Fsp3) is 0.600. The Bertz CT molecular complexity index is 319. The molecule has 0 radical (unpaired) electrons. The Kier molecular flexibility index (Phi) is 6.94. The van der Waals surface area contributed by atoms with Gasteiger partial charge in [-0.15, -0.1) is 0 Å². The molecule has 1 rings (SSSR count). The summed E-state index contributed by atoms with van der Waals surface area (Å²) >= 11 is 0. The maximum Gasteiger partial charge on any atom is 0.102 e. The van der Waals surface area contributed by atoms with Gasteiger partial charge in [-0.2, -0.15) is 0 Å². The van der Waals surface area contributed by atoms with Crippen LogP contribution in [0.1, 0.15) is 31.1 Å². The zero-order valence-corrected chi connectivity index (χ0v) is 11.6. The molecule has 0 amide bonds. The maximum absolute atomic E-state index is 9.89. The van der Waals surface area contributed by atoms with Crippen molar-refractivity contribution in [1.29, 1.82) is 0 Å². The van der Waals surface area contributed by atoms with Crippen LogP contribution in [-0.4, -0.2) is 31.5 Å². The standard InChI is InChI=1S/C15H24O3/c1-12(2)10-17-8-9-18-11-15(16)14-6-4-13(3)5-7-14/h4-7,12,15-16H,8-11H2,1-3H3. The first kappa shape index (κ1) is 15.2. The van der Waals surface area contributed by atoms with Gasteiger partial charge in [0, 0.05) is 6.61 Å². The molecular formula is C15H24O3. The summed E-state index contributed by atoms with van der Waals surface area (Å²) in [5.74, 6) is 0.545. The van der Waals surface area contributed by atoms with Gasteiger partial charge in [0.1, 0.15) is 6.10 Å². The molecule has 1 aromatic rings. The Morgan fingerprint density at radius 3 is 2.11 bits per heavy atom. The SMILES string of the molecule is Cc1ccc(C(O)COCCOCC(C)C)cc1. The van der Waals surface area contributed by atoms with Crippen molar-refractivity contribution in [3.63, 3.8) is 0 Å². The van der Waals surface area contributed by atoms with Gasteiger partial charge in [0.25, 0.3) is 0 Å². The van der Waals surface area contributed by atoms with Gasteiger partial charge in [-0.3, -0.25) is 0 Å². The van der Waals surface area contributed by atoms with Crippen molar-refractivity contribution in [3.8, 4) is 0 Å². The van der Waals surface area contributed by atoms with Crippen LogP contribution in [0.25, 0.3) is 0 Å². The smallest absolute Gasteiger partial charge is 0.102 e. The van der Waals surface area contributed by atoms with Gasteiger partial charge in [0.2, 0.25) is 0 Å². The third kappa shape index (κ3) is 6.15. The van der Waals surface area contributed by atoms with Gasteiger partial charge in [-0.05, 0) is 18.4 Å². The van der Waals surface area contributed by atoms with Crippen molar-refractivity contribution in [2.45, 2.75) is 26.9 Å². The summed E-state index contributed by atoms with van der Waals surface area (Å²) in [5.41, 5.74) is 2.08. The first-order valence-electron chi connectivity index (χ1n) is 6.49. The van der Waals surface area contributed by atoms with E-state index in [2.05, 4.69) is 13.8 Å². The molecule has 0 aliphatic carbocycles. The van der Waals surface area contributed by atoms with Gasteiger partial charge in [-0.1, -0.05) is 43.7 Å². The number of benzene rings is 1. The Hall–Kier alpha value is -0.900. The van der Waals surface area contributed by atoms with E-state index in [1.54, 1.807) is 0 Å². The molecule has 18 heavy (non-hydrogen) atoms. The van der Waals surface area contributed by atoms with E-state index in [1.807, 2.05) is 31.2 Å². The van der Waals surface area contributed by atoms with E-state index in [9.17, 15) is 5.11 Å². The van der Waals surface area contributed by atoms with Crippen LogP contribution in [0.3, 0.4) is 0 Å². The molecule has 0 spiro atoms. The van der Waals surface area contributed by atoms with Crippen LogP contribution in [0.2, 0.25) is 0 Å². The van der Waals surface area contributed by atoms with Crippen LogP contribution in [0.5, 0.6) is 0 Å². The van der Waals surface area contributed by atoms with E-state index in [-0.39, 0.29) is 0 Å². The summed E-state index contributed by atoms with van der Waals surface area (Å²) in [4.78, 5) is 0. The Labute approximate surface area is 110 Å².